The molecule has 1 aromatic rings. The summed E-state index contributed by atoms with van der Waals surface area (Å²) in [4.78, 5) is 0. The molecule has 0 aromatic heterocycles. The third kappa shape index (κ3) is 1.17. The number of β-amino-alcohol motifs (C(OH)–C–C–N with tert-alkyl or cyclic N) is 1. The Labute approximate surface area is 70.7 Å². The first-order valence-electron chi connectivity index (χ1n) is 3.98. The molecular weight excluding hydrogens is 154 g/mol. The molecule has 0 saturated carbocycles. The van der Waals surface area contributed by atoms with Crippen molar-refractivity contribution in [1.29, 1.82) is 0 Å². The van der Waals surface area contributed by atoms with E-state index < -0.39 is 6.10 Å². The molecule has 0 radical (unpaired) electrons. The number of phenolic OH excluding ortho intramolecular Hbond substituents is 1. The molecule has 1 aliphatic heterocycles. The molecule has 3 N–H and O–H groups in total. The summed E-state index contributed by atoms with van der Waals surface area (Å²) in [6, 6.07) is 5.10. The highest BCUT2D eigenvalue weighted by Crippen LogP contribution is 2.25. The highest BCUT2D eigenvalue weighted by Gasteiger charge is 2.17. The Morgan fingerprint density at radius 2 is 2.25 bits per heavy atom. The van der Waals surface area contributed by atoms with Crippen molar-refractivity contribution in [1.82, 2.24) is 5.32 Å². The molecule has 0 fully saturated rings. The highest BCUT2D eigenvalue weighted by atomic mass is 16.3. The first-order valence-corrected chi connectivity index (χ1v) is 3.98. The van der Waals surface area contributed by atoms with E-state index in [9.17, 15) is 10.2 Å². The van der Waals surface area contributed by atoms with Crippen LogP contribution in [-0.4, -0.2) is 16.8 Å². The average Bonchev–Trinajstić information content (AvgIpc) is 2.07. The second kappa shape index (κ2) is 2.77. The van der Waals surface area contributed by atoms with E-state index in [4.69, 9.17) is 0 Å². The van der Waals surface area contributed by atoms with Gasteiger partial charge in [0.15, 0.2) is 0 Å². The van der Waals surface area contributed by atoms with Gasteiger partial charge in [-0.05, 0) is 23.3 Å². The van der Waals surface area contributed by atoms with Crippen LogP contribution in [-0.2, 0) is 6.54 Å². The van der Waals surface area contributed by atoms with E-state index in [1.54, 1.807) is 12.1 Å². The largest absolute Gasteiger partial charge is 0.508 e. The van der Waals surface area contributed by atoms with Gasteiger partial charge in [-0.2, -0.15) is 0 Å². The Morgan fingerprint density at radius 1 is 1.42 bits per heavy atom. The summed E-state index contributed by atoms with van der Waals surface area (Å²) >= 11 is 0. The van der Waals surface area contributed by atoms with Crippen LogP contribution in [0, 0.1) is 0 Å². The fourth-order valence-corrected chi connectivity index (χ4v) is 1.51. The van der Waals surface area contributed by atoms with Gasteiger partial charge in [0.2, 0.25) is 0 Å². The van der Waals surface area contributed by atoms with E-state index >= 15 is 0 Å². The molecule has 0 aliphatic carbocycles. The van der Waals surface area contributed by atoms with E-state index in [-0.39, 0.29) is 5.75 Å². The first kappa shape index (κ1) is 7.58. The van der Waals surface area contributed by atoms with Crippen molar-refractivity contribution in [2.75, 3.05) is 6.54 Å². The molecule has 0 spiro atoms. The van der Waals surface area contributed by atoms with Crippen LogP contribution in [0.3, 0.4) is 0 Å². The summed E-state index contributed by atoms with van der Waals surface area (Å²) in [5.74, 6) is 0.217. The smallest absolute Gasteiger partial charge is 0.115 e. The maximum absolute atomic E-state index is 9.51. The molecule has 1 aromatic carbocycles. The van der Waals surface area contributed by atoms with Crippen LogP contribution in [0.4, 0.5) is 0 Å². The second-order valence-electron chi connectivity index (χ2n) is 3.03. The summed E-state index contributed by atoms with van der Waals surface area (Å²) in [5.41, 5.74) is 1.90. The first-order chi connectivity index (χ1) is 5.77. The lowest BCUT2D eigenvalue weighted by molar-refractivity contribution is 0.164. The zero-order valence-electron chi connectivity index (χ0n) is 6.62. The molecule has 64 valence electrons. The average molecular weight is 165 g/mol. The molecule has 0 bridgehead atoms. The summed E-state index contributed by atoms with van der Waals surface area (Å²) < 4.78 is 0. The zero-order valence-corrected chi connectivity index (χ0v) is 6.62. The van der Waals surface area contributed by atoms with E-state index in [1.807, 2.05) is 6.07 Å². The number of aromatic hydroxyl groups is 1. The Hall–Kier alpha value is -1.06. The van der Waals surface area contributed by atoms with Gasteiger partial charge >= 0.3 is 0 Å². The van der Waals surface area contributed by atoms with Crippen LogP contribution in [0.1, 0.15) is 17.2 Å². The lowest BCUT2D eigenvalue weighted by Crippen LogP contribution is -2.27. The molecule has 0 amide bonds. The van der Waals surface area contributed by atoms with Crippen LogP contribution in [0.25, 0.3) is 0 Å². The number of aliphatic hydroxyl groups excluding tert-OH is 1. The predicted molar refractivity (Wildman–Crippen MR) is 44.8 cm³/mol. The number of aliphatic hydroxyl groups is 1. The molecule has 3 nitrogen and oxygen atoms in total. The summed E-state index contributed by atoms with van der Waals surface area (Å²) in [6.07, 6.45) is -0.485. The number of nitrogens with one attached hydrogen (secondary N) is 1. The summed E-state index contributed by atoms with van der Waals surface area (Å²) in [7, 11) is 0. The van der Waals surface area contributed by atoms with Crippen molar-refractivity contribution in [2.45, 2.75) is 12.6 Å². The highest BCUT2D eigenvalue weighted by molar-refractivity contribution is 5.37. The van der Waals surface area contributed by atoms with E-state index in [1.165, 1.54) is 0 Å². The third-order valence-corrected chi connectivity index (χ3v) is 2.14. The lowest BCUT2D eigenvalue weighted by atomic mass is 9.99. The minimum atomic E-state index is -0.485. The molecule has 1 atom stereocenters. The van der Waals surface area contributed by atoms with Gasteiger partial charge in [-0.15, -0.1) is 0 Å². The van der Waals surface area contributed by atoms with Crippen molar-refractivity contribution >= 4 is 0 Å². The van der Waals surface area contributed by atoms with Crippen molar-refractivity contribution in [3.8, 4) is 5.75 Å². The van der Waals surface area contributed by atoms with Gasteiger partial charge in [-0.3, -0.25) is 0 Å². The molecule has 2 rings (SSSR count). The summed E-state index contributed by atoms with van der Waals surface area (Å²) in [6.45, 7) is 1.34. The number of benzene rings is 1. The molecule has 3 heteroatoms. The van der Waals surface area contributed by atoms with Gasteiger partial charge in [0, 0.05) is 13.1 Å². The van der Waals surface area contributed by atoms with Crippen LogP contribution < -0.4 is 5.32 Å². The van der Waals surface area contributed by atoms with E-state index in [0.717, 1.165) is 17.7 Å². The molecule has 0 saturated heterocycles. The van der Waals surface area contributed by atoms with E-state index in [2.05, 4.69) is 5.32 Å². The third-order valence-electron chi connectivity index (χ3n) is 2.14. The minimum absolute atomic E-state index is 0.217. The van der Waals surface area contributed by atoms with Gasteiger partial charge < -0.3 is 15.5 Å². The zero-order chi connectivity index (χ0) is 8.55. The van der Waals surface area contributed by atoms with Gasteiger partial charge in [0.05, 0.1) is 6.10 Å². The number of hydrogen-bond acceptors (Lipinski definition) is 3. The standard InChI is InChI=1S/C9H11NO2/c11-7-2-1-6-4-10-5-9(12)8(6)3-7/h1-3,9-12H,4-5H2. The number of fused-ring (bicyclic) bond motifs is 1. The Balaban J connectivity index is 2.47. The van der Waals surface area contributed by atoms with Crippen LogP contribution >= 0.6 is 0 Å². The molecule has 1 aliphatic rings. The predicted octanol–water partition coefficient (Wildman–Crippen LogP) is 0.529. The maximum Gasteiger partial charge on any atom is 0.115 e. The van der Waals surface area contributed by atoms with Gasteiger partial charge in [0.1, 0.15) is 5.75 Å². The summed E-state index contributed by atoms with van der Waals surface area (Å²) in [5, 5.41) is 21.8. The van der Waals surface area contributed by atoms with Crippen molar-refractivity contribution < 1.29 is 10.2 Å². The fourth-order valence-electron chi connectivity index (χ4n) is 1.51. The number of hydrogen-bond donors (Lipinski definition) is 3. The number of rotatable bonds is 0. The maximum atomic E-state index is 9.51. The topological polar surface area (TPSA) is 52.5 Å². The Kier molecular flexibility index (Phi) is 1.75. The van der Waals surface area contributed by atoms with Crippen LogP contribution in [0.2, 0.25) is 0 Å². The monoisotopic (exact) mass is 165 g/mol. The van der Waals surface area contributed by atoms with Gasteiger partial charge in [0.25, 0.3) is 0 Å². The van der Waals surface area contributed by atoms with Gasteiger partial charge in [-0.25, -0.2) is 0 Å². The molecular formula is C9H11NO2. The van der Waals surface area contributed by atoms with Crippen LogP contribution in [0.15, 0.2) is 18.2 Å². The van der Waals surface area contributed by atoms with E-state index in [0.29, 0.717) is 6.54 Å². The Morgan fingerprint density at radius 3 is 3.08 bits per heavy atom. The minimum Gasteiger partial charge on any atom is -0.508 e. The van der Waals surface area contributed by atoms with Gasteiger partial charge in [-0.1, -0.05) is 6.07 Å². The Bertz CT molecular complexity index is 299. The number of phenols is 1. The lowest BCUT2D eigenvalue weighted by Gasteiger charge is -2.22. The van der Waals surface area contributed by atoms with Crippen LogP contribution in [0.5, 0.6) is 5.75 Å². The normalized spacial score (nSPS) is 21.9. The fraction of sp³-hybridized carbons (Fsp3) is 0.333. The molecule has 1 heterocycles. The van der Waals surface area contributed by atoms with Crippen molar-refractivity contribution in [3.05, 3.63) is 29.3 Å². The molecule has 12 heavy (non-hydrogen) atoms. The second-order valence-corrected chi connectivity index (χ2v) is 3.03. The quantitative estimate of drug-likeness (QED) is 0.525. The van der Waals surface area contributed by atoms with Crippen molar-refractivity contribution in [3.63, 3.8) is 0 Å². The molecule has 1 unspecified atom stereocenters. The van der Waals surface area contributed by atoms with Crippen molar-refractivity contribution in [2.24, 2.45) is 0 Å². The SMILES string of the molecule is Oc1ccc2c(c1)C(O)CNC2.